The summed E-state index contributed by atoms with van der Waals surface area (Å²) in [5, 5.41) is 15.2. The van der Waals surface area contributed by atoms with Crippen LogP contribution < -0.4 is 0 Å². The van der Waals surface area contributed by atoms with Crippen LogP contribution in [0.2, 0.25) is 0 Å². The standard InChI is InChI=1S/C48H50O2/c1-45(2,3)31-21-29-37-23(27-19-33(47(7,8)9)43-35(49)17-15-25(31)41(43)39(27)29)13-14-24-28-20-34(48(10,11)12)44-36(50)18-16-26-32(46(4,5)6)22-30(38(24)37)40(28)42(26)44/h13-14,19-22H,15-18H2,1-12H3. The summed E-state index contributed by atoms with van der Waals surface area (Å²) in [5.41, 5.74) is 9.19. The van der Waals surface area contributed by atoms with Crippen molar-refractivity contribution < 1.29 is 9.59 Å². The molecule has 0 saturated carbocycles. The minimum Gasteiger partial charge on any atom is -0.294 e. The zero-order valence-corrected chi connectivity index (χ0v) is 32.1. The van der Waals surface area contributed by atoms with Gasteiger partial charge in [-0.25, -0.2) is 0 Å². The molecule has 0 aromatic heterocycles. The van der Waals surface area contributed by atoms with Gasteiger partial charge in [0.05, 0.1) is 0 Å². The summed E-state index contributed by atoms with van der Waals surface area (Å²) < 4.78 is 0. The van der Waals surface area contributed by atoms with E-state index in [2.05, 4.69) is 119 Å². The van der Waals surface area contributed by atoms with Crippen LogP contribution >= 0.6 is 0 Å². The third-order valence-electron chi connectivity index (χ3n) is 12.3. The van der Waals surface area contributed by atoms with Gasteiger partial charge >= 0.3 is 0 Å². The van der Waals surface area contributed by atoms with Crippen LogP contribution in [0.5, 0.6) is 0 Å². The monoisotopic (exact) mass is 658 g/mol. The molecule has 7 aromatic rings. The molecule has 0 unspecified atom stereocenters. The zero-order chi connectivity index (χ0) is 35.8. The Morgan fingerprint density at radius 2 is 0.660 bits per heavy atom. The van der Waals surface area contributed by atoms with Crippen LogP contribution in [0.25, 0.3) is 64.6 Å². The summed E-state index contributed by atoms with van der Waals surface area (Å²) >= 11 is 0. The van der Waals surface area contributed by atoms with E-state index in [0.717, 1.165) is 24.0 Å². The molecular weight excluding hydrogens is 609 g/mol. The van der Waals surface area contributed by atoms with Crippen LogP contribution in [-0.2, 0) is 34.5 Å². The number of fused-ring (bicyclic) bond motifs is 7. The fourth-order valence-corrected chi connectivity index (χ4v) is 10.2. The van der Waals surface area contributed by atoms with Crippen molar-refractivity contribution in [3.63, 3.8) is 0 Å². The second-order valence-electron chi connectivity index (χ2n) is 19.9. The molecule has 0 N–H and O–H groups in total. The zero-order valence-electron chi connectivity index (χ0n) is 32.1. The van der Waals surface area contributed by atoms with Crippen molar-refractivity contribution in [3.05, 3.63) is 80.9 Å². The second-order valence-corrected chi connectivity index (χ2v) is 19.9. The Bertz CT molecular complexity index is 2500. The van der Waals surface area contributed by atoms with Gasteiger partial charge < -0.3 is 0 Å². The highest BCUT2D eigenvalue weighted by Gasteiger charge is 2.37. The molecule has 0 atom stereocenters. The first-order valence-corrected chi connectivity index (χ1v) is 18.8. The molecule has 0 heterocycles. The lowest BCUT2D eigenvalue weighted by Crippen LogP contribution is -2.23. The number of carbonyl (C=O) groups excluding carboxylic acids is 2. The van der Waals surface area contributed by atoms with Crippen molar-refractivity contribution in [2.75, 3.05) is 0 Å². The lowest BCUT2D eigenvalue weighted by molar-refractivity contribution is 0.0971. The van der Waals surface area contributed by atoms with Gasteiger partial charge in [0.25, 0.3) is 0 Å². The number of benzene rings is 5. The topological polar surface area (TPSA) is 34.1 Å². The largest absolute Gasteiger partial charge is 0.294 e. The number of hydrogen-bond acceptors (Lipinski definition) is 2. The smallest absolute Gasteiger partial charge is 0.164 e. The molecule has 0 radical (unpaired) electrons. The van der Waals surface area contributed by atoms with Crippen molar-refractivity contribution in [3.8, 4) is 0 Å². The first kappa shape index (κ1) is 31.9. The fraction of sp³-hybridized carbons (Fsp3) is 0.417. The predicted molar refractivity (Wildman–Crippen MR) is 214 cm³/mol. The quantitative estimate of drug-likeness (QED) is 0.162. The highest BCUT2D eigenvalue weighted by molar-refractivity contribution is 6.45. The number of Topliss-reactive ketones (excluding diaryl/α,β-unsaturated/α-hetero) is 2. The van der Waals surface area contributed by atoms with Gasteiger partial charge in [0.15, 0.2) is 11.6 Å². The highest BCUT2D eigenvalue weighted by atomic mass is 16.1. The SMILES string of the molecule is CC(C)(C)c1cc2c3c4c1CCC(=O)c4c(C(C)(C)C)cc3c1ccc3c4cc(C(C)(C)C)c5c6c(c(C(C)(C)C)cc(c64)c3c12)CCC5=O. The predicted octanol–water partition coefficient (Wildman–Crippen LogP) is 12.9. The van der Waals surface area contributed by atoms with Crippen molar-refractivity contribution in [2.24, 2.45) is 0 Å². The summed E-state index contributed by atoms with van der Waals surface area (Å²) in [5.74, 6) is 0.570. The van der Waals surface area contributed by atoms with Gasteiger partial charge in [-0.05, 0) is 157 Å². The van der Waals surface area contributed by atoms with E-state index >= 15 is 0 Å². The highest BCUT2D eigenvalue weighted by Crippen LogP contribution is 2.55. The van der Waals surface area contributed by atoms with E-state index in [0.29, 0.717) is 12.8 Å². The minimum absolute atomic E-state index is 0.0819. The van der Waals surface area contributed by atoms with Gasteiger partial charge in [0.2, 0.25) is 0 Å². The van der Waals surface area contributed by atoms with Crippen LogP contribution in [-0.4, -0.2) is 11.6 Å². The van der Waals surface area contributed by atoms with E-state index in [9.17, 15) is 9.59 Å². The number of ketones is 2. The van der Waals surface area contributed by atoms with Gasteiger partial charge in [0, 0.05) is 24.0 Å². The normalized spacial score (nSPS) is 16.2. The molecule has 7 aromatic carbocycles. The van der Waals surface area contributed by atoms with Crippen LogP contribution in [0, 0.1) is 0 Å². The molecule has 0 amide bonds. The summed E-state index contributed by atoms with van der Waals surface area (Å²) in [4.78, 5) is 28.0. The third-order valence-corrected chi connectivity index (χ3v) is 12.3. The van der Waals surface area contributed by atoms with E-state index in [4.69, 9.17) is 0 Å². The Kier molecular flexibility index (Phi) is 6.02. The molecule has 2 aliphatic rings. The van der Waals surface area contributed by atoms with Gasteiger partial charge in [-0.15, -0.1) is 0 Å². The molecule has 2 heteroatoms. The molecule has 0 fully saturated rings. The molecule has 9 rings (SSSR count). The minimum atomic E-state index is -0.179. The summed E-state index contributed by atoms with van der Waals surface area (Å²) in [6.07, 6.45) is 2.74. The van der Waals surface area contributed by atoms with E-state index in [-0.39, 0.29) is 33.2 Å². The molecule has 50 heavy (non-hydrogen) atoms. The van der Waals surface area contributed by atoms with Crippen LogP contribution in [0.3, 0.4) is 0 Å². The first-order valence-electron chi connectivity index (χ1n) is 18.8. The van der Waals surface area contributed by atoms with Crippen LogP contribution in [0.1, 0.15) is 150 Å². The Morgan fingerprint density at radius 3 is 0.980 bits per heavy atom. The molecule has 2 aliphatic carbocycles. The van der Waals surface area contributed by atoms with Crippen molar-refractivity contribution >= 4 is 76.2 Å². The molecule has 0 saturated heterocycles. The van der Waals surface area contributed by atoms with E-state index in [1.807, 2.05) is 0 Å². The Balaban J connectivity index is 1.62. The average Bonchev–Trinajstić information content (AvgIpc) is 3.50. The van der Waals surface area contributed by atoms with E-state index in [1.54, 1.807) is 0 Å². The lowest BCUT2D eigenvalue weighted by atomic mass is 9.72. The maximum atomic E-state index is 14.0. The fourth-order valence-electron chi connectivity index (χ4n) is 10.2. The van der Waals surface area contributed by atoms with Gasteiger partial charge in [-0.2, -0.15) is 0 Å². The molecule has 0 bridgehead atoms. The number of carbonyl (C=O) groups is 2. The second kappa shape index (κ2) is 9.44. The Labute approximate surface area is 296 Å². The van der Waals surface area contributed by atoms with Crippen LogP contribution in [0.4, 0.5) is 0 Å². The van der Waals surface area contributed by atoms with Crippen LogP contribution in [0.15, 0.2) is 36.4 Å². The average molecular weight is 659 g/mol. The summed E-state index contributed by atoms with van der Waals surface area (Å²) in [6, 6.07) is 14.5. The first-order chi connectivity index (χ1) is 23.2. The maximum Gasteiger partial charge on any atom is 0.164 e. The lowest BCUT2D eigenvalue weighted by Gasteiger charge is -2.31. The molecule has 2 nitrogen and oxygen atoms in total. The van der Waals surface area contributed by atoms with Gasteiger partial charge in [0.1, 0.15) is 0 Å². The maximum absolute atomic E-state index is 14.0. The Hall–Kier alpha value is -4.04. The van der Waals surface area contributed by atoms with E-state index < -0.39 is 0 Å². The van der Waals surface area contributed by atoms with Crippen molar-refractivity contribution in [1.29, 1.82) is 0 Å². The molecule has 254 valence electrons. The number of rotatable bonds is 0. The summed E-state index contributed by atoms with van der Waals surface area (Å²) in [6.45, 7) is 27.5. The van der Waals surface area contributed by atoms with Gasteiger partial charge in [-0.1, -0.05) is 95.2 Å². The molecular formula is C48H50O2. The Morgan fingerprint density at radius 1 is 0.360 bits per heavy atom. The third kappa shape index (κ3) is 3.97. The van der Waals surface area contributed by atoms with Crippen molar-refractivity contribution in [2.45, 2.75) is 130 Å². The molecule has 0 spiro atoms. The molecule has 0 aliphatic heterocycles. The number of aryl methyl sites for hydroxylation is 2. The van der Waals surface area contributed by atoms with E-state index in [1.165, 1.54) is 98.0 Å². The number of hydrogen-bond donors (Lipinski definition) is 0. The van der Waals surface area contributed by atoms with Gasteiger partial charge in [-0.3, -0.25) is 9.59 Å². The van der Waals surface area contributed by atoms with Crippen molar-refractivity contribution in [1.82, 2.24) is 0 Å². The summed E-state index contributed by atoms with van der Waals surface area (Å²) in [7, 11) is 0.